The molecule has 5 rings (SSSR count). The average Bonchev–Trinajstić information content (AvgIpc) is 3.32. The lowest BCUT2D eigenvalue weighted by atomic mass is 9.99. The van der Waals surface area contributed by atoms with Gasteiger partial charge in [0.15, 0.2) is 0 Å². The van der Waals surface area contributed by atoms with Crippen molar-refractivity contribution in [3.8, 4) is 0 Å². The SMILES string of the molecule is COCCS(=O)(=O)N1[C@@H]2CC[C@H]1CC(Nc1nc(NC3CC(C)NN3)cc3ncccc13)C2. The Morgan fingerprint density at radius 3 is 2.67 bits per heavy atom. The molecule has 4 N–H and O–H groups in total. The standard InChI is InChI=1S/C22H33N7O3S/c1-14-10-21(28-27-14)25-20-13-19-18(4-3-7-23-19)22(26-20)24-15-11-16-5-6-17(12-15)29(16)33(30,31)9-8-32-2/h3-4,7,13-17,21,27-28H,5-6,8-12H2,1-2H3,(H2,24,25,26)/t14?,15?,16-,17+,21?. The van der Waals surface area contributed by atoms with Gasteiger partial charge in [-0.3, -0.25) is 10.4 Å². The summed E-state index contributed by atoms with van der Waals surface area (Å²) in [6.45, 7) is 2.36. The molecular weight excluding hydrogens is 442 g/mol. The van der Waals surface area contributed by atoms with E-state index < -0.39 is 10.0 Å². The fourth-order valence-corrected chi connectivity index (χ4v) is 7.32. The Morgan fingerprint density at radius 1 is 1.18 bits per heavy atom. The van der Waals surface area contributed by atoms with E-state index in [1.807, 2.05) is 18.2 Å². The van der Waals surface area contributed by atoms with Crippen LogP contribution >= 0.6 is 0 Å². The molecule has 3 aliphatic heterocycles. The molecule has 2 aromatic rings. The summed E-state index contributed by atoms with van der Waals surface area (Å²) in [5.41, 5.74) is 7.34. The Labute approximate surface area is 194 Å². The van der Waals surface area contributed by atoms with E-state index in [1.165, 1.54) is 7.11 Å². The molecule has 3 aliphatic rings. The van der Waals surface area contributed by atoms with Gasteiger partial charge in [-0.2, -0.15) is 4.31 Å². The first-order chi connectivity index (χ1) is 15.9. The van der Waals surface area contributed by atoms with Gasteiger partial charge in [-0.25, -0.2) is 18.8 Å². The molecule has 5 heterocycles. The largest absolute Gasteiger partial charge is 0.384 e. The van der Waals surface area contributed by atoms with Gasteiger partial charge in [0, 0.05) is 48.9 Å². The van der Waals surface area contributed by atoms with E-state index in [2.05, 4.69) is 33.4 Å². The maximum Gasteiger partial charge on any atom is 0.216 e. The van der Waals surface area contributed by atoms with Crippen LogP contribution in [0, 0.1) is 0 Å². The number of hydrogen-bond acceptors (Lipinski definition) is 9. The van der Waals surface area contributed by atoms with Crippen LogP contribution in [0.1, 0.15) is 39.0 Å². The molecule has 180 valence electrons. The van der Waals surface area contributed by atoms with Crippen LogP contribution in [0.5, 0.6) is 0 Å². The van der Waals surface area contributed by atoms with E-state index >= 15 is 0 Å². The first-order valence-corrected chi connectivity index (χ1v) is 13.3. The molecule has 11 heteroatoms. The second kappa shape index (κ2) is 9.30. The molecule has 0 aromatic carbocycles. The molecule has 0 saturated carbocycles. The number of ether oxygens (including phenoxy) is 1. The topological polar surface area (TPSA) is 121 Å². The van der Waals surface area contributed by atoms with Gasteiger partial charge in [0.1, 0.15) is 11.6 Å². The van der Waals surface area contributed by atoms with Crippen LogP contribution in [0.2, 0.25) is 0 Å². The summed E-state index contributed by atoms with van der Waals surface area (Å²) in [6, 6.07) is 6.53. The van der Waals surface area contributed by atoms with Gasteiger partial charge >= 0.3 is 0 Å². The zero-order valence-corrected chi connectivity index (χ0v) is 19.9. The first kappa shape index (κ1) is 22.7. The van der Waals surface area contributed by atoms with Gasteiger partial charge in [0.2, 0.25) is 10.0 Å². The molecule has 3 fully saturated rings. The quantitative estimate of drug-likeness (QED) is 0.451. The smallest absolute Gasteiger partial charge is 0.216 e. The van der Waals surface area contributed by atoms with Crippen LogP contribution in [0.25, 0.3) is 10.9 Å². The monoisotopic (exact) mass is 475 g/mol. The Bertz CT molecular complexity index is 1080. The minimum atomic E-state index is -3.30. The minimum absolute atomic E-state index is 0.0315. The third-order valence-corrected chi connectivity index (χ3v) is 8.81. The molecule has 33 heavy (non-hydrogen) atoms. The normalized spacial score (nSPS) is 30.1. The second-order valence-corrected chi connectivity index (χ2v) is 11.4. The molecule has 2 bridgehead atoms. The highest BCUT2D eigenvalue weighted by molar-refractivity contribution is 7.89. The summed E-state index contributed by atoms with van der Waals surface area (Å²) in [6.07, 6.45) is 6.19. The zero-order valence-electron chi connectivity index (χ0n) is 19.1. The van der Waals surface area contributed by atoms with E-state index in [4.69, 9.17) is 9.72 Å². The number of nitrogens with zero attached hydrogens (tertiary/aromatic N) is 3. The van der Waals surface area contributed by atoms with Crippen molar-refractivity contribution < 1.29 is 13.2 Å². The predicted molar refractivity (Wildman–Crippen MR) is 128 cm³/mol. The Hall–Kier alpha value is -2.05. The van der Waals surface area contributed by atoms with Crippen molar-refractivity contribution in [2.45, 2.75) is 69.4 Å². The van der Waals surface area contributed by atoms with Gasteiger partial charge in [-0.05, 0) is 51.2 Å². The number of anilines is 2. The third-order valence-electron chi connectivity index (χ3n) is 6.89. The van der Waals surface area contributed by atoms with Gasteiger partial charge < -0.3 is 15.4 Å². The molecule has 10 nitrogen and oxygen atoms in total. The number of nitrogens with one attached hydrogen (secondary N) is 4. The second-order valence-electron chi connectivity index (χ2n) is 9.38. The molecule has 0 aliphatic carbocycles. The van der Waals surface area contributed by atoms with Gasteiger partial charge in [0.25, 0.3) is 0 Å². The minimum Gasteiger partial charge on any atom is -0.384 e. The number of pyridine rings is 2. The molecule has 0 amide bonds. The van der Waals surface area contributed by atoms with E-state index in [9.17, 15) is 8.42 Å². The number of fused-ring (bicyclic) bond motifs is 3. The highest BCUT2D eigenvalue weighted by Crippen LogP contribution is 2.39. The van der Waals surface area contributed by atoms with E-state index in [0.29, 0.717) is 6.04 Å². The molecule has 3 unspecified atom stereocenters. The molecule has 3 saturated heterocycles. The number of piperidine rings is 1. The van der Waals surface area contributed by atoms with Crippen molar-refractivity contribution in [3.63, 3.8) is 0 Å². The van der Waals surface area contributed by atoms with Crippen molar-refractivity contribution in [1.82, 2.24) is 25.1 Å². The fourth-order valence-electron chi connectivity index (χ4n) is 5.44. The van der Waals surface area contributed by atoms with Crippen molar-refractivity contribution in [3.05, 3.63) is 24.4 Å². The maximum atomic E-state index is 12.9. The highest BCUT2D eigenvalue weighted by atomic mass is 32.2. The van der Waals surface area contributed by atoms with Gasteiger partial charge in [-0.15, -0.1) is 0 Å². The molecular formula is C22H33N7O3S. The van der Waals surface area contributed by atoms with Gasteiger partial charge in [0.05, 0.1) is 24.0 Å². The molecule has 5 atom stereocenters. The number of rotatable bonds is 8. The molecule has 2 aromatic heterocycles. The van der Waals surface area contributed by atoms with Crippen LogP contribution in [-0.2, 0) is 14.8 Å². The Balaban J connectivity index is 1.34. The van der Waals surface area contributed by atoms with Gasteiger partial charge in [-0.1, -0.05) is 0 Å². The number of hydrogen-bond donors (Lipinski definition) is 4. The van der Waals surface area contributed by atoms with Crippen LogP contribution in [0.15, 0.2) is 24.4 Å². The molecule has 0 spiro atoms. The number of sulfonamides is 1. The summed E-state index contributed by atoms with van der Waals surface area (Å²) >= 11 is 0. The third kappa shape index (κ3) is 4.78. The van der Waals surface area contributed by atoms with Crippen LogP contribution in [-0.4, -0.2) is 72.5 Å². The lowest BCUT2D eigenvalue weighted by Gasteiger charge is -2.38. The number of hydrazine groups is 1. The summed E-state index contributed by atoms with van der Waals surface area (Å²) in [5.74, 6) is 1.60. The van der Waals surface area contributed by atoms with Crippen molar-refractivity contribution >= 4 is 32.6 Å². The first-order valence-electron chi connectivity index (χ1n) is 11.7. The van der Waals surface area contributed by atoms with Crippen LogP contribution in [0.3, 0.4) is 0 Å². The fraction of sp³-hybridized carbons (Fsp3) is 0.636. The van der Waals surface area contributed by atoms with Crippen molar-refractivity contribution in [1.29, 1.82) is 0 Å². The van der Waals surface area contributed by atoms with Crippen LogP contribution < -0.4 is 21.5 Å². The Kier molecular flexibility index (Phi) is 6.41. The van der Waals surface area contributed by atoms with E-state index in [0.717, 1.165) is 54.6 Å². The van der Waals surface area contributed by atoms with E-state index in [1.54, 1.807) is 10.5 Å². The Morgan fingerprint density at radius 2 is 1.97 bits per heavy atom. The van der Waals surface area contributed by atoms with E-state index in [-0.39, 0.29) is 36.7 Å². The molecule has 0 radical (unpaired) electrons. The predicted octanol–water partition coefficient (Wildman–Crippen LogP) is 1.64. The summed E-state index contributed by atoms with van der Waals surface area (Å²) < 4.78 is 32.5. The zero-order chi connectivity index (χ0) is 23.0. The van der Waals surface area contributed by atoms with Crippen molar-refractivity contribution in [2.75, 3.05) is 30.1 Å². The summed E-state index contributed by atoms with van der Waals surface area (Å²) in [5, 5.41) is 8.06. The summed E-state index contributed by atoms with van der Waals surface area (Å²) in [4.78, 5) is 9.43. The average molecular weight is 476 g/mol. The maximum absolute atomic E-state index is 12.9. The van der Waals surface area contributed by atoms with Crippen molar-refractivity contribution in [2.24, 2.45) is 0 Å². The van der Waals surface area contributed by atoms with Crippen LogP contribution in [0.4, 0.5) is 11.6 Å². The summed E-state index contributed by atoms with van der Waals surface area (Å²) in [7, 11) is -1.77. The number of aromatic nitrogens is 2. The number of methoxy groups -OCH3 is 1. The lowest BCUT2D eigenvalue weighted by Crippen LogP contribution is -2.50. The lowest BCUT2D eigenvalue weighted by molar-refractivity contribution is 0.207. The highest BCUT2D eigenvalue weighted by Gasteiger charge is 2.46.